The molecule has 0 bridgehead atoms. The van der Waals surface area contributed by atoms with Gasteiger partial charge >= 0.3 is 5.97 Å². The van der Waals surface area contributed by atoms with Gasteiger partial charge in [-0.1, -0.05) is 19.1 Å². The van der Waals surface area contributed by atoms with Gasteiger partial charge < -0.3 is 19.5 Å². The number of carbonyl (C=O) groups excluding carboxylic acids is 1. The number of fused-ring (bicyclic) bond motifs is 1. The van der Waals surface area contributed by atoms with Gasteiger partial charge in [-0.15, -0.1) is 0 Å². The number of rotatable bonds is 7. The maximum absolute atomic E-state index is 12.9. The Labute approximate surface area is 158 Å². The minimum Gasteiger partial charge on any atom is -0.493 e. The molecule has 8 nitrogen and oxygen atoms in total. The number of nitrogens with one attached hydrogen (secondary N) is 1. The van der Waals surface area contributed by atoms with Gasteiger partial charge in [-0.3, -0.25) is 0 Å². The first kappa shape index (κ1) is 18.8. The van der Waals surface area contributed by atoms with Gasteiger partial charge in [0.1, 0.15) is 12.4 Å². The van der Waals surface area contributed by atoms with Gasteiger partial charge in [0, 0.05) is 11.3 Å². The first-order valence-corrected chi connectivity index (χ1v) is 8.96. The summed E-state index contributed by atoms with van der Waals surface area (Å²) in [4.78, 5) is 17.1. The van der Waals surface area contributed by atoms with Crippen molar-refractivity contribution in [2.24, 2.45) is 0 Å². The molecule has 0 saturated heterocycles. The maximum atomic E-state index is 12.9. The summed E-state index contributed by atoms with van der Waals surface area (Å²) in [5.41, 5.74) is 1.90. The highest BCUT2D eigenvalue weighted by Crippen LogP contribution is 2.42. The van der Waals surface area contributed by atoms with Crippen LogP contribution < -0.4 is 14.8 Å². The number of hydrogen-bond acceptors (Lipinski definition) is 7. The highest BCUT2D eigenvalue weighted by molar-refractivity contribution is 5.92. The molecule has 0 aliphatic carbocycles. The third-order valence-corrected chi connectivity index (χ3v) is 4.26. The first-order valence-electron chi connectivity index (χ1n) is 8.96. The fourth-order valence-corrected chi connectivity index (χ4v) is 3.12. The SMILES string of the molecule is CCCOC(=O)C1=C(C)Nc2ncnn2[C@@H]1c1cccc(OC)c1OCC. The van der Waals surface area contributed by atoms with Crippen LogP contribution in [0, 0.1) is 0 Å². The molecule has 1 aromatic carbocycles. The van der Waals surface area contributed by atoms with Crippen molar-refractivity contribution in [3.05, 3.63) is 41.4 Å². The maximum Gasteiger partial charge on any atom is 0.338 e. The number of nitrogens with zero attached hydrogens (tertiary/aromatic N) is 3. The Morgan fingerprint density at radius 2 is 2.15 bits per heavy atom. The lowest BCUT2D eigenvalue weighted by Crippen LogP contribution is -2.30. The van der Waals surface area contributed by atoms with E-state index in [1.54, 1.807) is 11.8 Å². The molecule has 8 heteroatoms. The van der Waals surface area contributed by atoms with Gasteiger partial charge in [0.2, 0.25) is 5.95 Å². The lowest BCUT2D eigenvalue weighted by Gasteiger charge is -2.29. The van der Waals surface area contributed by atoms with Crippen LogP contribution in [-0.4, -0.2) is 41.1 Å². The van der Waals surface area contributed by atoms with Crippen molar-refractivity contribution >= 4 is 11.9 Å². The van der Waals surface area contributed by atoms with Crippen LogP contribution in [0.25, 0.3) is 0 Å². The van der Waals surface area contributed by atoms with Crippen LogP contribution in [0.1, 0.15) is 38.8 Å². The molecule has 0 fully saturated rings. The van der Waals surface area contributed by atoms with Crippen molar-refractivity contribution in [3.8, 4) is 11.5 Å². The number of methoxy groups -OCH3 is 1. The summed E-state index contributed by atoms with van der Waals surface area (Å²) >= 11 is 0. The van der Waals surface area contributed by atoms with E-state index in [0.717, 1.165) is 12.0 Å². The van der Waals surface area contributed by atoms with Gasteiger partial charge in [0.15, 0.2) is 11.5 Å². The normalized spacial score (nSPS) is 15.8. The van der Waals surface area contributed by atoms with Gasteiger partial charge in [-0.2, -0.15) is 10.1 Å². The van der Waals surface area contributed by atoms with Gasteiger partial charge in [0.25, 0.3) is 0 Å². The smallest absolute Gasteiger partial charge is 0.338 e. The zero-order chi connectivity index (χ0) is 19.4. The zero-order valence-electron chi connectivity index (χ0n) is 16.0. The van der Waals surface area contributed by atoms with Crippen molar-refractivity contribution in [2.75, 3.05) is 25.6 Å². The minimum atomic E-state index is -0.537. The van der Waals surface area contributed by atoms with E-state index in [9.17, 15) is 4.79 Å². The molecule has 0 saturated carbocycles. The average molecular weight is 372 g/mol. The molecule has 1 aliphatic heterocycles. The van der Waals surface area contributed by atoms with E-state index in [2.05, 4.69) is 15.4 Å². The third-order valence-electron chi connectivity index (χ3n) is 4.26. The predicted molar refractivity (Wildman–Crippen MR) is 99.9 cm³/mol. The van der Waals surface area contributed by atoms with E-state index in [1.165, 1.54) is 6.33 Å². The summed E-state index contributed by atoms with van der Waals surface area (Å²) in [7, 11) is 1.59. The molecule has 1 aliphatic rings. The molecule has 144 valence electrons. The summed E-state index contributed by atoms with van der Waals surface area (Å²) < 4.78 is 18.4. The number of carbonyl (C=O) groups is 1. The standard InChI is InChI=1S/C19H24N4O4/c1-5-10-27-18(24)15-12(3)22-19-20-11-21-23(19)16(15)13-8-7-9-14(25-4)17(13)26-6-2/h7-9,11,16H,5-6,10H2,1-4H3,(H,20,21,22)/t16-/m1/s1. The van der Waals surface area contributed by atoms with E-state index < -0.39 is 12.0 Å². The Balaban J connectivity index is 2.17. The highest BCUT2D eigenvalue weighted by Gasteiger charge is 2.36. The Hall–Kier alpha value is -3.03. The number of anilines is 1. The second kappa shape index (κ2) is 8.11. The number of aromatic nitrogens is 3. The van der Waals surface area contributed by atoms with Crippen LogP contribution in [0.3, 0.4) is 0 Å². The number of hydrogen-bond donors (Lipinski definition) is 1. The third kappa shape index (κ3) is 3.47. The van der Waals surface area contributed by atoms with Crippen molar-refractivity contribution in [3.63, 3.8) is 0 Å². The van der Waals surface area contributed by atoms with E-state index in [1.807, 2.05) is 39.0 Å². The second-order valence-electron chi connectivity index (χ2n) is 6.04. The summed E-state index contributed by atoms with van der Waals surface area (Å²) in [5, 5.41) is 7.45. The molecule has 1 atom stereocenters. The average Bonchev–Trinajstić information content (AvgIpc) is 3.13. The lowest BCUT2D eigenvalue weighted by atomic mass is 9.94. The van der Waals surface area contributed by atoms with Crippen LogP contribution in [0.15, 0.2) is 35.8 Å². The summed E-state index contributed by atoms with van der Waals surface area (Å²) in [6, 6.07) is 5.04. The number of esters is 1. The van der Waals surface area contributed by atoms with E-state index in [-0.39, 0.29) is 0 Å². The number of para-hydroxylation sites is 1. The van der Waals surface area contributed by atoms with Crippen LogP contribution in [0.5, 0.6) is 11.5 Å². The quantitative estimate of drug-likeness (QED) is 0.748. The van der Waals surface area contributed by atoms with E-state index >= 15 is 0 Å². The molecule has 3 rings (SSSR count). The summed E-state index contributed by atoms with van der Waals surface area (Å²) in [5.74, 6) is 1.32. The summed E-state index contributed by atoms with van der Waals surface area (Å²) in [6.07, 6.45) is 2.19. The fourth-order valence-electron chi connectivity index (χ4n) is 3.12. The molecular formula is C19H24N4O4. The Kier molecular flexibility index (Phi) is 5.63. The van der Waals surface area contributed by atoms with E-state index in [0.29, 0.717) is 41.9 Å². The molecule has 0 amide bonds. The van der Waals surface area contributed by atoms with Gasteiger partial charge in [0.05, 0.1) is 25.9 Å². The zero-order valence-corrected chi connectivity index (χ0v) is 16.0. The lowest BCUT2D eigenvalue weighted by molar-refractivity contribution is -0.139. The molecule has 0 radical (unpaired) electrons. The van der Waals surface area contributed by atoms with Gasteiger partial charge in [-0.25, -0.2) is 9.48 Å². The van der Waals surface area contributed by atoms with E-state index in [4.69, 9.17) is 14.2 Å². The van der Waals surface area contributed by atoms with Crippen LogP contribution in [0.2, 0.25) is 0 Å². The van der Waals surface area contributed by atoms with Crippen molar-refractivity contribution in [2.45, 2.75) is 33.2 Å². The Bertz CT molecular complexity index is 859. The number of ether oxygens (including phenoxy) is 3. The largest absolute Gasteiger partial charge is 0.493 e. The number of allylic oxidation sites excluding steroid dienone is 1. The monoisotopic (exact) mass is 372 g/mol. The molecule has 2 heterocycles. The number of benzene rings is 1. The van der Waals surface area contributed by atoms with Crippen LogP contribution >= 0.6 is 0 Å². The Morgan fingerprint density at radius 3 is 2.85 bits per heavy atom. The molecule has 0 unspecified atom stereocenters. The first-order chi connectivity index (χ1) is 13.1. The van der Waals surface area contributed by atoms with Crippen LogP contribution in [0.4, 0.5) is 5.95 Å². The molecular weight excluding hydrogens is 348 g/mol. The Morgan fingerprint density at radius 1 is 1.33 bits per heavy atom. The topological polar surface area (TPSA) is 87.5 Å². The molecule has 0 spiro atoms. The molecule has 2 aromatic rings. The second-order valence-corrected chi connectivity index (χ2v) is 6.04. The fraction of sp³-hybridized carbons (Fsp3) is 0.421. The molecule has 27 heavy (non-hydrogen) atoms. The predicted octanol–water partition coefficient (Wildman–Crippen LogP) is 2.93. The van der Waals surface area contributed by atoms with Crippen molar-refractivity contribution in [1.82, 2.24) is 14.8 Å². The van der Waals surface area contributed by atoms with Gasteiger partial charge in [-0.05, 0) is 26.3 Å². The van der Waals surface area contributed by atoms with Crippen molar-refractivity contribution < 1.29 is 19.0 Å². The highest BCUT2D eigenvalue weighted by atomic mass is 16.5. The van der Waals surface area contributed by atoms with Crippen LogP contribution in [-0.2, 0) is 9.53 Å². The molecule has 1 aromatic heterocycles. The van der Waals surface area contributed by atoms with Crippen molar-refractivity contribution in [1.29, 1.82) is 0 Å². The summed E-state index contributed by atoms with van der Waals surface area (Å²) in [6.45, 7) is 6.49. The molecule has 1 N–H and O–H groups in total. The minimum absolute atomic E-state index is 0.350.